The van der Waals surface area contributed by atoms with Gasteiger partial charge in [0.05, 0.1) is 21.0 Å². The van der Waals surface area contributed by atoms with Crippen LogP contribution in [0.5, 0.6) is 5.75 Å². The van der Waals surface area contributed by atoms with Gasteiger partial charge in [-0.2, -0.15) is 0 Å². The second-order valence-electron chi connectivity index (χ2n) is 10.0. The molecule has 0 aliphatic carbocycles. The molecule has 0 spiro atoms. The highest BCUT2D eigenvalue weighted by Crippen LogP contribution is 2.33. The van der Waals surface area contributed by atoms with E-state index < -0.39 is 6.10 Å². The van der Waals surface area contributed by atoms with Crippen molar-refractivity contribution >= 4 is 40.1 Å². The van der Waals surface area contributed by atoms with Gasteiger partial charge in [0.25, 0.3) is 5.90 Å². The number of furan rings is 1. The molecule has 0 radical (unpaired) electrons. The Labute approximate surface area is 215 Å². The van der Waals surface area contributed by atoms with Gasteiger partial charge >= 0.3 is 0 Å². The van der Waals surface area contributed by atoms with Crippen molar-refractivity contribution in [3.05, 3.63) is 63.8 Å². The minimum atomic E-state index is -0.596. The number of rotatable bonds is 7. The van der Waals surface area contributed by atoms with E-state index in [0.29, 0.717) is 52.1 Å². The maximum Gasteiger partial charge on any atom is 0.253 e. The van der Waals surface area contributed by atoms with Crippen LogP contribution < -0.4 is 4.74 Å². The Kier molecular flexibility index (Phi) is 6.99. The summed E-state index contributed by atoms with van der Waals surface area (Å²) >= 11 is 12.2. The zero-order chi connectivity index (χ0) is 24.6. The number of hydrogen-bond acceptors (Lipinski definition) is 6. The van der Waals surface area contributed by atoms with E-state index in [4.69, 9.17) is 37.1 Å². The Morgan fingerprint density at radius 2 is 1.94 bits per heavy atom. The number of aliphatic hydroxyl groups is 1. The van der Waals surface area contributed by atoms with E-state index in [9.17, 15) is 5.11 Å². The largest absolute Gasteiger partial charge is 0.490 e. The van der Waals surface area contributed by atoms with Gasteiger partial charge in [-0.3, -0.25) is 0 Å². The van der Waals surface area contributed by atoms with E-state index in [2.05, 4.69) is 16.0 Å². The number of benzene rings is 2. The number of piperidine rings is 1. The maximum atomic E-state index is 10.7. The van der Waals surface area contributed by atoms with Crippen LogP contribution in [-0.2, 0) is 4.74 Å². The quantitative estimate of drug-likeness (QED) is 0.422. The Morgan fingerprint density at radius 3 is 2.66 bits per heavy atom. The van der Waals surface area contributed by atoms with Crippen molar-refractivity contribution in [1.82, 2.24) is 4.90 Å². The highest BCUT2D eigenvalue weighted by Gasteiger charge is 2.29. The molecule has 2 aliphatic rings. The van der Waals surface area contributed by atoms with Gasteiger partial charge in [0.15, 0.2) is 5.76 Å². The van der Waals surface area contributed by atoms with E-state index in [1.807, 2.05) is 50.2 Å². The number of halogens is 2. The molecule has 1 saturated heterocycles. The van der Waals surface area contributed by atoms with Gasteiger partial charge in [-0.25, -0.2) is 4.99 Å². The summed E-state index contributed by atoms with van der Waals surface area (Å²) in [5.41, 5.74) is 1.68. The Hall–Kier alpha value is -2.25. The number of hydrogen-bond donors (Lipinski definition) is 1. The lowest BCUT2D eigenvalue weighted by molar-refractivity contribution is 0.0599. The molecule has 1 N–H and O–H groups in total. The molecule has 1 fully saturated rings. The molecule has 5 rings (SSSR count). The highest BCUT2D eigenvalue weighted by atomic mass is 35.5. The lowest BCUT2D eigenvalue weighted by atomic mass is 9.89. The Balaban J connectivity index is 1.15. The highest BCUT2D eigenvalue weighted by molar-refractivity contribution is 6.42. The predicted molar refractivity (Wildman–Crippen MR) is 139 cm³/mol. The number of β-amino-alcohol motifs (C(OH)–C–C–N with tert-alkyl or cyclic N) is 1. The van der Waals surface area contributed by atoms with Crippen LogP contribution in [0.4, 0.5) is 0 Å². The summed E-state index contributed by atoms with van der Waals surface area (Å²) < 4.78 is 17.7. The van der Waals surface area contributed by atoms with E-state index in [1.165, 1.54) is 5.56 Å². The van der Waals surface area contributed by atoms with Gasteiger partial charge in [0.1, 0.15) is 30.7 Å². The van der Waals surface area contributed by atoms with Crippen LogP contribution in [0.25, 0.3) is 11.0 Å². The molecule has 1 unspecified atom stereocenters. The second kappa shape index (κ2) is 10.0. The number of ether oxygens (including phenoxy) is 2. The lowest BCUT2D eigenvalue weighted by Crippen LogP contribution is -2.40. The normalized spacial score (nSPS) is 19.5. The summed E-state index contributed by atoms with van der Waals surface area (Å²) in [4.78, 5) is 6.88. The van der Waals surface area contributed by atoms with Crippen molar-refractivity contribution in [1.29, 1.82) is 0 Å². The van der Waals surface area contributed by atoms with Gasteiger partial charge in [-0.1, -0.05) is 35.3 Å². The molecule has 2 aromatic carbocycles. The average Bonchev–Trinajstić information content (AvgIpc) is 3.43. The molecule has 0 bridgehead atoms. The van der Waals surface area contributed by atoms with Crippen LogP contribution in [0.1, 0.15) is 43.9 Å². The summed E-state index contributed by atoms with van der Waals surface area (Å²) in [6.07, 6.45) is 1.44. The van der Waals surface area contributed by atoms with Crippen molar-refractivity contribution in [2.45, 2.75) is 44.2 Å². The van der Waals surface area contributed by atoms with Crippen LogP contribution >= 0.6 is 23.2 Å². The third-order valence-corrected chi connectivity index (χ3v) is 7.34. The van der Waals surface area contributed by atoms with Crippen molar-refractivity contribution in [2.24, 2.45) is 4.99 Å². The SMILES string of the molecule is CC1(C)COC(c2cc3c(OCC(O)CN4CCC(c5ccc(Cl)c(Cl)c5)CC4)cccc3o2)=N1. The van der Waals surface area contributed by atoms with Crippen LogP contribution in [0, 0.1) is 0 Å². The molecule has 3 heterocycles. The minimum Gasteiger partial charge on any atom is -0.490 e. The number of likely N-dealkylation sites (tertiary alicyclic amines) is 1. The Bertz CT molecular complexity index is 1230. The van der Waals surface area contributed by atoms with Gasteiger partial charge in [-0.05, 0) is 75.5 Å². The average molecular weight is 517 g/mol. The van der Waals surface area contributed by atoms with Crippen molar-refractivity contribution in [3.63, 3.8) is 0 Å². The van der Waals surface area contributed by atoms with E-state index in [0.717, 1.165) is 31.3 Å². The summed E-state index contributed by atoms with van der Waals surface area (Å²) in [5.74, 6) is 2.24. The van der Waals surface area contributed by atoms with Crippen LogP contribution in [-0.4, -0.2) is 60.4 Å². The molecular formula is C27H30Cl2N2O4. The van der Waals surface area contributed by atoms with Gasteiger partial charge in [0, 0.05) is 12.6 Å². The molecular weight excluding hydrogens is 487 g/mol. The molecule has 2 aliphatic heterocycles. The van der Waals surface area contributed by atoms with E-state index in [1.54, 1.807) is 0 Å². The van der Waals surface area contributed by atoms with E-state index >= 15 is 0 Å². The summed E-state index contributed by atoms with van der Waals surface area (Å²) in [5, 5.41) is 12.7. The molecule has 35 heavy (non-hydrogen) atoms. The number of fused-ring (bicyclic) bond motifs is 1. The van der Waals surface area contributed by atoms with Crippen LogP contribution in [0.3, 0.4) is 0 Å². The summed E-state index contributed by atoms with van der Waals surface area (Å²) in [6, 6.07) is 13.5. The zero-order valence-electron chi connectivity index (χ0n) is 20.0. The first kappa shape index (κ1) is 24.4. The van der Waals surface area contributed by atoms with Crippen molar-refractivity contribution < 1.29 is 19.0 Å². The molecule has 0 saturated carbocycles. The first-order valence-corrected chi connectivity index (χ1v) is 12.8. The summed E-state index contributed by atoms with van der Waals surface area (Å²) in [7, 11) is 0. The third kappa shape index (κ3) is 5.61. The van der Waals surface area contributed by atoms with Crippen LogP contribution in [0.15, 0.2) is 51.9 Å². The molecule has 0 amide bonds. The zero-order valence-corrected chi connectivity index (χ0v) is 21.5. The van der Waals surface area contributed by atoms with Crippen molar-refractivity contribution in [3.8, 4) is 5.75 Å². The number of aliphatic hydroxyl groups excluding tert-OH is 1. The fourth-order valence-corrected chi connectivity index (χ4v) is 5.03. The fraction of sp³-hybridized carbons (Fsp3) is 0.444. The molecule has 1 aromatic heterocycles. The number of nitrogens with zero attached hydrogens (tertiary/aromatic N) is 2. The molecule has 6 nitrogen and oxygen atoms in total. The number of aliphatic imine (C=N–C) groups is 1. The van der Waals surface area contributed by atoms with Crippen LogP contribution in [0.2, 0.25) is 10.0 Å². The van der Waals surface area contributed by atoms with Gasteiger partial charge < -0.3 is 23.9 Å². The lowest BCUT2D eigenvalue weighted by Gasteiger charge is -2.33. The maximum absolute atomic E-state index is 10.7. The standard InChI is InChI=1S/C27H30Cl2N2O4/c1-27(2)16-34-26(30-27)25-13-20-23(4-3-5-24(20)35-25)33-15-19(32)14-31-10-8-17(9-11-31)18-6-7-21(28)22(29)12-18/h3-7,12-13,17,19,32H,8-11,14-16H2,1-2H3. The first-order chi connectivity index (χ1) is 16.8. The fourth-order valence-electron chi connectivity index (χ4n) is 4.73. The predicted octanol–water partition coefficient (Wildman–Crippen LogP) is 5.91. The molecule has 8 heteroatoms. The first-order valence-electron chi connectivity index (χ1n) is 12.0. The topological polar surface area (TPSA) is 67.4 Å². The van der Waals surface area contributed by atoms with Gasteiger partial charge in [-0.15, -0.1) is 0 Å². The molecule has 186 valence electrons. The molecule has 1 atom stereocenters. The second-order valence-corrected chi connectivity index (χ2v) is 10.8. The van der Waals surface area contributed by atoms with Gasteiger partial charge in [0.2, 0.25) is 0 Å². The van der Waals surface area contributed by atoms with E-state index in [-0.39, 0.29) is 12.1 Å². The minimum absolute atomic E-state index is 0.205. The summed E-state index contributed by atoms with van der Waals surface area (Å²) in [6.45, 7) is 7.18. The monoisotopic (exact) mass is 516 g/mol. The Morgan fingerprint density at radius 1 is 1.14 bits per heavy atom. The third-order valence-electron chi connectivity index (χ3n) is 6.60. The molecule has 3 aromatic rings. The smallest absolute Gasteiger partial charge is 0.253 e. The van der Waals surface area contributed by atoms with Crippen molar-refractivity contribution in [2.75, 3.05) is 32.8 Å².